The maximum absolute atomic E-state index is 8.25. The minimum atomic E-state index is -1.75. The van der Waals surface area contributed by atoms with E-state index in [-0.39, 0.29) is 16.5 Å². The topological polar surface area (TPSA) is 79.2 Å². The fraction of sp³-hybridized carbons (Fsp3) is 1.00. The SMILES string of the molecule is C1N2CN3CN1CN(C2)C3.O=[N+]([O-])[O-].[Ni]. The van der Waals surface area contributed by atoms with Crippen molar-refractivity contribution in [1.82, 2.24) is 19.6 Å². The van der Waals surface area contributed by atoms with Crippen molar-refractivity contribution in [3.05, 3.63) is 15.3 Å². The molecule has 4 heterocycles. The number of hydrogen-bond acceptors (Lipinski definition) is 7. The number of hydrogen-bond donors (Lipinski definition) is 0. The Morgan fingerprint density at radius 1 is 0.733 bits per heavy atom. The molecule has 0 amide bonds. The van der Waals surface area contributed by atoms with Crippen molar-refractivity contribution in [2.75, 3.05) is 40.0 Å². The average Bonchev–Trinajstić information content (AvgIpc) is 1.98. The molecule has 0 saturated carbocycles. The van der Waals surface area contributed by atoms with Crippen LogP contribution in [0.4, 0.5) is 0 Å². The summed E-state index contributed by atoms with van der Waals surface area (Å²) >= 11 is 0. The predicted octanol–water partition coefficient (Wildman–Crippen LogP) is -1.26. The van der Waals surface area contributed by atoms with Gasteiger partial charge in [0.1, 0.15) is 0 Å². The van der Waals surface area contributed by atoms with Gasteiger partial charge in [0.25, 0.3) is 0 Å². The second-order valence-corrected chi connectivity index (χ2v) is 3.76. The molecule has 4 saturated heterocycles. The molecule has 4 aliphatic rings. The molecular formula is C6H12N5NiO3-. The van der Waals surface area contributed by atoms with Gasteiger partial charge in [0, 0.05) is 16.5 Å². The van der Waals surface area contributed by atoms with E-state index in [1.165, 1.54) is 40.0 Å². The van der Waals surface area contributed by atoms with Gasteiger partial charge in [-0.25, -0.2) is 0 Å². The van der Waals surface area contributed by atoms with Crippen molar-refractivity contribution >= 4 is 0 Å². The molecule has 0 atom stereocenters. The number of nitrogens with zero attached hydrogens (tertiary/aromatic N) is 5. The first-order valence-electron chi connectivity index (χ1n) is 4.34. The van der Waals surface area contributed by atoms with Crippen LogP contribution in [0.1, 0.15) is 0 Å². The molecule has 90 valence electrons. The smallest absolute Gasteiger partial charge is 0.0689 e. The zero-order chi connectivity index (χ0) is 10.1. The quantitative estimate of drug-likeness (QED) is 0.306. The Hall–Kier alpha value is -0.466. The maximum atomic E-state index is 8.25. The van der Waals surface area contributed by atoms with Crippen molar-refractivity contribution in [3.63, 3.8) is 0 Å². The minimum absolute atomic E-state index is 0. The van der Waals surface area contributed by atoms with Gasteiger partial charge in [0.2, 0.25) is 0 Å². The van der Waals surface area contributed by atoms with E-state index >= 15 is 0 Å². The van der Waals surface area contributed by atoms with Crippen LogP contribution >= 0.6 is 0 Å². The summed E-state index contributed by atoms with van der Waals surface area (Å²) in [4.78, 5) is 18.1. The molecule has 15 heavy (non-hydrogen) atoms. The zero-order valence-electron chi connectivity index (χ0n) is 8.02. The standard InChI is InChI=1S/C6H12N4.NO3.Ni/c1-7-2-9-4-8(1)5-10(3-7)6-9;2-1(3)4;/h1-6H2;;/q;-1;. The predicted molar refractivity (Wildman–Crippen MR) is 46.9 cm³/mol. The summed E-state index contributed by atoms with van der Waals surface area (Å²) in [5, 5.41) is 14.8. The van der Waals surface area contributed by atoms with Crippen LogP contribution in [0.15, 0.2) is 0 Å². The Morgan fingerprint density at radius 2 is 0.867 bits per heavy atom. The molecule has 0 aromatic rings. The summed E-state index contributed by atoms with van der Waals surface area (Å²) in [5.41, 5.74) is 0. The Labute approximate surface area is 97.0 Å². The van der Waals surface area contributed by atoms with Gasteiger partial charge in [-0.15, -0.1) is 0 Å². The van der Waals surface area contributed by atoms with Crippen LogP contribution < -0.4 is 0 Å². The third-order valence-corrected chi connectivity index (χ3v) is 2.40. The first kappa shape index (κ1) is 12.6. The van der Waals surface area contributed by atoms with Crippen LogP contribution in [0.2, 0.25) is 0 Å². The first-order valence-corrected chi connectivity index (χ1v) is 4.34. The molecule has 4 rings (SSSR count). The van der Waals surface area contributed by atoms with Crippen LogP contribution in [0.5, 0.6) is 0 Å². The molecule has 0 aromatic heterocycles. The van der Waals surface area contributed by atoms with E-state index in [1.54, 1.807) is 0 Å². The minimum Gasteiger partial charge on any atom is -0.356 e. The Kier molecular flexibility index (Phi) is 4.24. The molecule has 0 aliphatic carbocycles. The molecule has 8 nitrogen and oxygen atoms in total. The number of rotatable bonds is 0. The summed E-state index contributed by atoms with van der Waals surface area (Å²) in [6.45, 7) is 7.12. The fourth-order valence-electron chi connectivity index (χ4n) is 2.23. The first-order chi connectivity index (χ1) is 6.63. The van der Waals surface area contributed by atoms with Crippen LogP contribution in [0.25, 0.3) is 0 Å². The van der Waals surface area contributed by atoms with Gasteiger partial charge >= 0.3 is 0 Å². The van der Waals surface area contributed by atoms with Gasteiger partial charge in [-0.3, -0.25) is 19.6 Å². The van der Waals surface area contributed by atoms with Gasteiger partial charge in [-0.2, -0.15) is 0 Å². The van der Waals surface area contributed by atoms with E-state index in [9.17, 15) is 0 Å². The molecule has 9 heteroatoms. The normalized spacial score (nSPS) is 40.0. The van der Waals surface area contributed by atoms with E-state index in [1.807, 2.05) is 0 Å². The van der Waals surface area contributed by atoms with E-state index in [0.29, 0.717) is 0 Å². The summed E-state index contributed by atoms with van der Waals surface area (Å²) < 4.78 is 0. The third-order valence-electron chi connectivity index (χ3n) is 2.40. The zero-order valence-corrected chi connectivity index (χ0v) is 9.01. The average molecular weight is 261 g/mol. The Morgan fingerprint density at radius 3 is 1.00 bits per heavy atom. The van der Waals surface area contributed by atoms with Gasteiger partial charge in [0.15, 0.2) is 0 Å². The van der Waals surface area contributed by atoms with Crippen molar-refractivity contribution in [2.45, 2.75) is 0 Å². The third kappa shape index (κ3) is 3.25. The summed E-state index contributed by atoms with van der Waals surface area (Å²) in [5.74, 6) is 0. The second-order valence-electron chi connectivity index (χ2n) is 3.76. The van der Waals surface area contributed by atoms with E-state index in [0.717, 1.165) is 0 Å². The molecule has 4 bridgehead atoms. The molecule has 4 aliphatic heterocycles. The summed E-state index contributed by atoms with van der Waals surface area (Å²) in [6.07, 6.45) is 0. The van der Waals surface area contributed by atoms with E-state index in [4.69, 9.17) is 15.3 Å². The van der Waals surface area contributed by atoms with Crippen LogP contribution in [-0.2, 0) is 16.5 Å². The molecule has 0 spiro atoms. The van der Waals surface area contributed by atoms with Gasteiger partial charge in [-0.1, -0.05) is 0 Å². The fourth-order valence-corrected chi connectivity index (χ4v) is 2.23. The maximum Gasteiger partial charge on any atom is 0.0689 e. The molecule has 0 N–H and O–H groups in total. The van der Waals surface area contributed by atoms with Crippen LogP contribution in [-0.4, -0.2) is 64.7 Å². The van der Waals surface area contributed by atoms with E-state index in [2.05, 4.69) is 19.6 Å². The largest absolute Gasteiger partial charge is 0.356 e. The Balaban J connectivity index is 0.000000200. The summed E-state index contributed by atoms with van der Waals surface area (Å²) in [7, 11) is 0. The van der Waals surface area contributed by atoms with Crippen molar-refractivity contribution in [1.29, 1.82) is 0 Å². The van der Waals surface area contributed by atoms with E-state index < -0.39 is 5.09 Å². The van der Waals surface area contributed by atoms with Crippen molar-refractivity contribution < 1.29 is 21.6 Å². The van der Waals surface area contributed by atoms with Crippen molar-refractivity contribution in [2.24, 2.45) is 0 Å². The molecule has 0 unspecified atom stereocenters. The molecule has 4 fully saturated rings. The molecular weight excluding hydrogens is 249 g/mol. The monoisotopic (exact) mass is 260 g/mol. The Bertz CT molecular complexity index is 180. The van der Waals surface area contributed by atoms with Gasteiger partial charge in [0.05, 0.1) is 45.1 Å². The van der Waals surface area contributed by atoms with Gasteiger partial charge in [-0.05, 0) is 0 Å². The molecule has 0 radical (unpaired) electrons. The van der Waals surface area contributed by atoms with Crippen molar-refractivity contribution in [3.8, 4) is 0 Å². The second kappa shape index (κ2) is 5.04. The van der Waals surface area contributed by atoms with Crippen LogP contribution in [0, 0.1) is 15.3 Å². The van der Waals surface area contributed by atoms with Crippen LogP contribution in [0.3, 0.4) is 0 Å². The summed E-state index contributed by atoms with van der Waals surface area (Å²) in [6, 6.07) is 0. The molecule has 0 aromatic carbocycles. The van der Waals surface area contributed by atoms with Gasteiger partial charge < -0.3 is 15.3 Å².